The Hall–Kier alpha value is -1.59. The SMILES string of the molecule is CN=C(NCC(c1ccsc1)N(C)C)N1CCN(C(=O)c2ccco2)CC1.I. The van der Waals surface area contributed by atoms with Crippen LogP contribution < -0.4 is 5.32 Å². The highest BCUT2D eigenvalue weighted by atomic mass is 127. The van der Waals surface area contributed by atoms with Gasteiger partial charge in [-0.05, 0) is 48.6 Å². The molecular formula is C19H28IN5O2S. The molecule has 9 heteroatoms. The molecule has 0 spiro atoms. The topological polar surface area (TPSA) is 64.3 Å². The number of aliphatic imine (C=N–C) groups is 1. The standard InChI is InChI=1S/C19H27N5O2S.HI/c1-20-19(21-13-16(22(2)3)15-6-12-27-14-15)24-9-7-23(8-10-24)18(25)17-5-4-11-26-17;/h4-6,11-12,14,16H,7-10,13H2,1-3H3,(H,20,21);1H. The first-order chi connectivity index (χ1) is 13.1. The second-order valence-electron chi connectivity index (χ2n) is 6.72. The molecule has 1 aliphatic heterocycles. The fourth-order valence-corrected chi connectivity index (χ4v) is 3.97. The number of thiophene rings is 1. The third kappa shape index (κ3) is 5.48. The van der Waals surface area contributed by atoms with E-state index in [2.05, 4.69) is 51.0 Å². The van der Waals surface area contributed by atoms with Crippen LogP contribution >= 0.6 is 35.3 Å². The quantitative estimate of drug-likeness (QED) is 0.376. The minimum Gasteiger partial charge on any atom is -0.459 e. The summed E-state index contributed by atoms with van der Waals surface area (Å²) in [5, 5.41) is 7.79. The molecule has 7 nitrogen and oxygen atoms in total. The number of nitrogens with zero attached hydrogens (tertiary/aromatic N) is 4. The first-order valence-electron chi connectivity index (χ1n) is 9.07. The number of rotatable bonds is 5. The molecule has 154 valence electrons. The zero-order chi connectivity index (χ0) is 19.2. The van der Waals surface area contributed by atoms with Crippen molar-refractivity contribution in [2.24, 2.45) is 4.99 Å². The van der Waals surface area contributed by atoms with Crippen molar-refractivity contribution < 1.29 is 9.21 Å². The van der Waals surface area contributed by atoms with Gasteiger partial charge < -0.3 is 24.4 Å². The first-order valence-corrected chi connectivity index (χ1v) is 10.0. The Morgan fingerprint density at radius 1 is 1.29 bits per heavy atom. The van der Waals surface area contributed by atoms with Gasteiger partial charge in [0.05, 0.1) is 12.3 Å². The van der Waals surface area contributed by atoms with Crippen LogP contribution in [0.4, 0.5) is 0 Å². The van der Waals surface area contributed by atoms with E-state index in [1.54, 1.807) is 30.5 Å². The lowest BCUT2D eigenvalue weighted by Crippen LogP contribution is -2.54. The molecule has 0 aliphatic carbocycles. The van der Waals surface area contributed by atoms with Crippen molar-refractivity contribution >= 4 is 47.2 Å². The number of hydrogen-bond donors (Lipinski definition) is 1. The van der Waals surface area contributed by atoms with Gasteiger partial charge in [-0.1, -0.05) is 0 Å². The monoisotopic (exact) mass is 517 g/mol. The van der Waals surface area contributed by atoms with E-state index < -0.39 is 0 Å². The van der Waals surface area contributed by atoms with Gasteiger partial charge in [-0.25, -0.2) is 0 Å². The lowest BCUT2D eigenvalue weighted by Gasteiger charge is -2.36. The average Bonchev–Trinajstić information content (AvgIpc) is 3.38. The second kappa shape index (κ2) is 10.8. The maximum absolute atomic E-state index is 12.4. The van der Waals surface area contributed by atoms with Gasteiger partial charge in [0.2, 0.25) is 0 Å². The van der Waals surface area contributed by atoms with Gasteiger partial charge >= 0.3 is 0 Å². The molecular weight excluding hydrogens is 489 g/mol. The van der Waals surface area contributed by atoms with Gasteiger partial charge in [-0.15, -0.1) is 24.0 Å². The van der Waals surface area contributed by atoms with E-state index in [4.69, 9.17) is 4.42 Å². The van der Waals surface area contributed by atoms with E-state index in [1.807, 2.05) is 4.90 Å². The van der Waals surface area contributed by atoms with Crippen LogP contribution in [0.2, 0.25) is 0 Å². The highest BCUT2D eigenvalue weighted by Gasteiger charge is 2.25. The van der Waals surface area contributed by atoms with E-state index in [-0.39, 0.29) is 35.9 Å². The lowest BCUT2D eigenvalue weighted by molar-refractivity contribution is 0.0657. The third-order valence-electron chi connectivity index (χ3n) is 4.82. The van der Waals surface area contributed by atoms with Crippen molar-refractivity contribution in [1.82, 2.24) is 20.0 Å². The van der Waals surface area contributed by atoms with Crippen LogP contribution in [-0.4, -0.2) is 80.4 Å². The van der Waals surface area contributed by atoms with Gasteiger partial charge in [-0.3, -0.25) is 9.79 Å². The van der Waals surface area contributed by atoms with Crippen LogP contribution in [0.5, 0.6) is 0 Å². The van der Waals surface area contributed by atoms with Crippen LogP contribution in [0, 0.1) is 0 Å². The zero-order valence-electron chi connectivity index (χ0n) is 16.5. The molecule has 0 aromatic carbocycles. The van der Waals surface area contributed by atoms with Gasteiger partial charge in [0.15, 0.2) is 11.7 Å². The molecule has 1 N–H and O–H groups in total. The fraction of sp³-hybridized carbons (Fsp3) is 0.474. The maximum atomic E-state index is 12.4. The van der Waals surface area contributed by atoms with Gasteiger partial charge in [0.1, 0.15) is 0 Å². The van der Waals surface area contributed by atoms with E-state index in [0.717, 1.165) is 25.6 Å². The molecule has 3 rings (SSSR count). The molecule has 1 saturated heterocycles. The van der Waals surface area contributed by atoms with Crippen LogP contribution in [0.25, 0.3) is 0 Å². The van der Waals surface area contributed by atoms with E-state index >= 15 is 0 Å². The molecule has 1 aliphatic rings. The molecule has 1 fully saturated rings. The number of piperazine rings is 1. The van der Waals surface area contributed by atoms with Gasteiger partial charge in [0.25, 0.3) is 5.91 Å². The minimum absolute atomic E-state index is 0. The Morgan fingerprint density at radius 3 is 2.54 bits per heavy atom. The first kappa shape index (κ1) is 22.7. The smallest absolute Gasteiger partial charge is 0.289 e. The van der Waals surface area contributed by atoms with Crippen molar-refractivity contribution in [3.63, 3.8) is 0 Å². The Morgan fingerprint density at radius 2 is 2.00 bits per heavy atom. The predicted molar refractivity (Wildman–Crippen MR) is 124 cm³/mol. The molecule has 1 unspecified atom stereocenters. The van der Waals surface area contributed by atoms with Crippen LogP contribution in [0.15, 0.2) is 44.6 Å². The predicted octanol–water partition coefficient (Wildman–Crippen LogP) is 2.60. The highest BCUT2D eigenvalue weighted by molar-refractivity contribution is 14.0. The Labute approximate surface area is 187 Å². The molecule has 0 saturated carbocycles. The van der Waals surface area contributed by atoms with Crippen molar-refractivity contribution in [3.8, 4) is 0 Å². The summed E-state index contributed by atoms with van der Waals surface area (Å²) in [6.45, 7) is 3.58. The summed E-state index contributed by atoms with van der Waals surface area (Å²) in [6.07, 6.45) is 1.53. The van der Waals surface area contributed by atoms with Gasteiger partial charge in [0, 0.05) is 39.8 Å². The van der Waals surface area contributed by atoms with E-state index in [1.165, 1.54) is 11.8 Å². The number of carbonyl (C=O) groups excluding carboxylic acids is 1. The summed E-state index contributed by atoms with van der Waals surface area (Å²) >= 11 is 1.71. The molecule has 0 bridgehead atoms. The highest BCUT2D eigenvalue weighted by Crippen LogP contribution is 2.20. The minimum atomic E-state index is -0.0484. The number of carbonyl (C=O) groups is 1. The number of nitrogens with one attached hydrogen (secondary N) is 1. The molecule has 1 atom stereocenters. The van der Waals surface area contributed by atoms with Gasteiger partial charge in [-0.2, -0.15) is 11.3 Å². The number of guanidine groups is 1. The second-order valence-corrected chi connectivity index (χ2v) is 7.50. The molecule has 28 heavy (non-hydrogen) atoms. The third-order valence-corrected chi connectivity index (χ3v) is 5.52. The summed E-state index contributed by atoms with van der Waals surface area (Å²) in [5.41, 5.74) is 1.31. The Kier molecular flexibility index (Phi) is 8.77. The van der Waals surface area contributed by atoms with Crippen LogP contribution in [0.1, 0.15) is 22.2 Å². The van der Waals surface area contributed by atoms with Crippen LogP contribution in [-0.2, 0) is 0 Å². The Balaban J connectivity index is 0.00000280. The number of halogens is 1. The lowest BCUT2D eigenvalue weighted by atomic mass is 10.1. The summed E-state index contributed by atoms with van der Waals surface area (Å²) < 4.78 is 5.22. The molecule has 1 amide bonds. The zero-order valence-corrected chi connectivity index (χ0v) is 19.6. The summed E-state index contributed by atoms with van der Waals surface area (Å²) in [7, 11) is 5.98. The van der Waals surface area contributed by atoms with Crippen LogP contribution in [0.3, 0.4) is 0 Å². The molecule has 2 aromatic heterocycles. The molecule has 0 radical (unpaired) electrons. The maximum Gasteiger partial charge on any atom is 0.289 e. The van der Waals surface area contributed by atoms with Crippen molar-refractivity contribution in [3.05, 3.63) is 46.5 Å². The van der Waals surface area contributed by atoms with Crippen molar-refractivity contribution in [2.45, 2.75) is 6.04 Å². The number of likely N-dealkylation sites (N-methyl/N-ethyl adjacent to an activating group) is 1. The average molecular weight is 517 g/mol. The Bertz CT molecular complexity index is 740. The van der Waals surface area contributed by atoms with E-state index in [9.17, 15) is 4.79 Å². The number of amides is 1. The van der Waals surface area contributed by atoms with Crippen molar-refractivity contribution in [2.75, 3.05) is 53.9 Å². The number of hydrogen-bond acceptors (Lipinski definition) is 5. The number of furan rings is 1. The summed E-state index contributed by atoms with van der Waals surface area (Å²) in [4.78, 5) is 23.1. The van der Waals surface area contributed by atoms with E-state index in [0.29, 0.717) is 18.8 Å². The normalized spacial score (nSPS) is 16.1. The largest absolute Gasteiger partial charge is 0.459 e. The van der Waals surface area contributed by atoms with Crippen molar-refractivity contribution in [1.29, 1.82) is 0 Å². The fourth-order valence-electron chi connectivity index (χ4n) is 3.26. The summed E-state index contributed by atoms with van der Waals surface area (Å²) in [6, 6.07) is 5.90. The molecule has 3 heterocycles. The molecule has 2 aromatic rings. The summed E-state index contributed by atoms with van der Waals surface area (Å²) in [5.74, 6) is 1.23.